The summed E-state index contributed by atoms with van der Waals surface area (Å²) in [5, 5.41) is 0. The van der Waals surface area contributed by atoms with Gasteiger partial charge in [-0.3, -0.25) is 4.79 Å². The summed E-state index contributed by atoms with van der Waals surface area (Å²) in [6, 6.07) is 15.2. The highest BCUT2D eigenvalue weighted by molar-refractivity contribution is 7.99. The zero-order valence-electron chi connectivity index (χ0n) is 20.6. The topological polar surface area (TPSA) is 38.8 Å². The third-order valence-corrected chi connectivity index (χ3v) is 8.69. The standard InChI is InChI=1S/C27H37NO3S2/c1-6-8-14-27(7-2)18-28(21-12-10-9-11-13-21)22-15-25(32-5)23(16-24(22)33-19-27)31-17-20(3)26(29)30-4/h9-13,15-16,20H,6-8,14,17-19H2,1-5H3. The Bertz CT molecular complexity index is 921. The van der Waals surface area contributed by atoms with Crippen molar-refractivity contribution in [2.75, 3.05) is 37.2 Å². The van der Waals surface area contributed by atoms with Gasteiger partial charge in [0.25, 0.3) is 0 Å². The number of hydrogen-bond acceptors (Lipinski definition) is 6. The molecule has 0 saturated heterocycles. The number of carbonyl (C=O) groups is 1. The minimum Gasteiger partial charge on any atom is -0.491 e. The zero-order chi connectivity index (χ0) is 23.8. The molecular weight excluding hydrogens is 450 g/mol. The molecule has 0 fully saturated rings. The molecule has 0 amide bonds. The van der Waals surface area contributed by atoms with Gasteiger partial charge in [0.15, 0.2) is 0 Å². The maximum Gasteiger partial charge on any atom is 0.311 e. The number of carbonyl (C=O) groups excluding carboxylic acids is 1. The minimum absolute atomic E-state index is 0.247. The van der Waals surface area contributed by atoms with Crippen LogP contribution in [0.15, 0.2) is 52.3 Å². The molecule has 2 aromatic rings. The van der Waals surface area contributed by atoms with Gasteiger partial charge in [0.1, 0.15) is 12.4 Å². The van der Waals surface area contributed by atoms with Crippen LogP contribution in [-0.4, -0.2) is 38.2 Å². The first-order valence-corrected chi connectivity index (χ1v) is 14.1. The van der Waals surface area contributed by atoms with E-state index in [0.717, 1.165) is 29.4 Å². The van der Waals surface area contributed by atoms with Gasteiger partial charge in [0.05, 0.1) is 23.6 Å². The van der Waals surface area contributed by atoms with Crippen molar-refractivity contribution in [3.63, 3.8) is 0 Å². The number of benzene rings is 2. The van der Waals surface area contributed by atoms with Crippen LogP contribution >= 0.6 is 23.5 Å². The summed E-state index contributed by atoms with van der Waals surface area (Å²) in [7, 11) is 1.42. The number of hydrogen-bond donors (Lipinski definition) is 0. The maximum atomic E-state index is 11.8. The fourth-order valence-corrected chi connectivity index (χ4v) is 6.20. The van der Waals surface area contributed by atoms with Crippen LogP contribution in [0.25, 0.3) is 0 Å². The third-order valence-electron chi connectivity index (χ3n) is 6.53. The van der Waals surface area contributed by atoms with E-state index in [2.05, 4.69) is 67.5 Å². The molecule has 3 rings (SSSR count). The fourth-order valence-electron chi connectivity index (χ4n) is 4.24. The van der Waals surface area contributed by atoms with Crippen molar-refractivity contribution in [3.8, 4) is 5.75 Å². The van der Waals surface area contributed by atoms with E-state index in [9.17, 15) is 4.79 Å². The Hall–Kier alpha value is -1.79. The first-order chi connectivity index (χ1) is 16.0. The first kappa shape index (κ1) is 25.8. The second-order valence-electron chi connectivity index (χ2n) is 8.87. The summed E-state index contributed by atoms with van der Waals surface area (Å²) >= 11 is 3.63. The normalized spacial score (nSPS) is 18.9. The van der Waals surface area contributed by atoms with Crippen molar-refractivity contribution in [2.24, 2.45) is 11.3 Å². The monoisotopic (exact) mass is 487 g/mol. The van der Waals surface area contributed by atoms with Crippen LogP contribution in [0.2, 0.25) is 0 Å². The summed E-state index contributed by atoms with van der Waals surface area (Å²) in [4.78, 5) is 16.7. The molecule has 2 unspecified atom stereocenters. The number of rotatable bonds is 10. The molecule has 1 heterocycles. The number of fused-ring (bicyclic) bond motifs is 1. The molecule has 1 aliphatic heterocycles. The highest BCUT2D eigenvalue weighted by Gasteiger charge is 2.35. The molecule has 0 spiro atoms. The van der Waals surface area contributed by atoms with Crippen LogP contribution in [-0.2, 0) is 9.53 Å². The van der Waals surface area contributed by atoms with Crippen molar-refractivity contribution in [3.05, 3.63) is 42.5 Å². The number of ether oxygens (including phenoxy) is 2. The van der Waals surface area contributed by atoms with Crippen LogP contribution < -0.4 is 9.64 Å². The lowest BCUT2D eigenvalue weighted by atomic mass is 9.81. The number of thioether (sulfide) groups is 2. The Labute approximate surface area is 207 Å². The minimum atomic E-state index is -0.307. The Morgan fingerprint density at radius 3 is 2.64 bits per heavy atom. The van der Waals surface area contributed by atoms with Gasteiger partial charge in [0, 0.05) is 22.9 Å². The largest absolute Gasteiger partial charge is 0.491 e. The smallest absolute Gasteiger partial charge is 0.311 e. The molecule has 1 aliphatic rings. The molecule has 0 saturated carbocycles. The summed E-state index contributed by atoms with van der Waals surface area (Å²) in [5.74, 6) is 1.38. The van der Waals surface area contributed by atoms with Gasteiger partial charge in [-0.25, -0.2) is 0 Å². The summed E-state index contributed by atoms with van der Waals surface area (Å²) < 4.78 is 11.0. The Morgan fingerprint density at radius 2 is 2.00 bits per heavy atom. The summed E-state index contributed by atoms with van der Waals surface area (Å²) in [6.07, 6.45) is 6.94. The fraction of sp³-hybridized carbons (Fsp3) is 0.519. The second-order valence-corrected chi connectivity index (χ2v) is 10.7. The van der Waals surface area contributed by atoms with E-state index in [1.165, 1.54) is 42.6 Å². The summed E-state index contributed by atoms with van der Waals surface area (Å²) in [6.45, 7) is 7.78. The lowest BCUT2D eigenvalue weighted by Crippen LogP contribution is -2.35. The first-order valence-electron chi connectivity index (χ1n) is 11.8. The van der Waals surface area contributed by atoms with E-state index >= 15 is 0 Å². The number of para-hydroxylation sites is 1. The van der Waals surface area contributed by atoms with Gasteiger partial charge in [-0.05, 0) is 55.7 Å². The Morgan fingerprint density at radius 1 is 1.24 bits per heavy atom. The molecule has 2 aromatic carbocycles. The highest BCUT2D eigenvalue weighted by atomic mass is 32.2. The molecule has 0 radical (unpaired) electrons. The number of methoxy groups -OCH3 is 1. The van der Waals surface area contributed by atoms with E-state index in [-0.39, 0.29) is 17.3 Å². The van der Waals surface area contributed by atoms with E-state index in [1.54, 1.807) is 11.8 Å². The Kier molecular flexibility index (Phi) is 9.45. The van der Waals surface area contributed by atoms with Gasteiger partial charge in [-0.15, -0.1) is 23.5 Å². The molecule has 0 aliphatic carbocycles. The molecule has 33 heavy (non-hydrogen) atoms. The van der Waals surface area contributed by atoms with Gasteiger partial charge in [-0.1, -0.05) is 44.9 Å². The van der Waals surface area contributed by atoms with Gasteiger partial charge in [-0.2, -0.15) is 0 Å². The molecule has 2 atom stereocenters. The van der Waals surface area contributed by atoms with E-state index in [4.69, 9.17) is 9.47 Å². The second kappa shape index (κ2) is 12.1. The van der Waals surface area contributed by atoms with Crippen molar-refractivity contribution in [1.29, 1.82) is 0 Å². The quantitative estimate of drug-likeness (QED) is 0.256. The van der Waals surface area contributed by atoms with Gasteiger partial charge in [0.2, 0.25) is 0 Å². The number of nitrogens with zero attached hydrogens (tertiary/aromatic N) is 1. The summed E-state index contributed by atoms with van der Waals surface area (Å²) in [5.41, 5.74) is 2.74. The third kappa shape index (κ3) is 6.21. The molecule has 6 heteroatoms. The molecule has 180 valence electrons. The molecular formula is C27H37NO3S2. The molecule has 0 N–H and O–H groups in total. The number of unbranched alkanes of at least 4 members (excludes halogenated alkanes) is 1. The maximum absolute atomic E-state index is 11.8. The van der Waals surface area contributed by atoms with Crippen LogP contribution in [0.1, 0.15) is 46.5 Å². The SMILES string of the molecule is CCCCC1(CC)CSc2cc(OCC(C)C(=O)OC)c(SC)cc2N(c2ccccc2)C1. The number of anilines is 2. The zero-order valence-corrected chi connectivity index (χ0v) is 22.2. The average Bonchev–Trinajstić information content (AvgIpc) is 3.02. The van der Waals surface area contributed by atoms with Gasteiger partial charge < -0.3 is 14.4 Å². The molecule has 0 bridgehead atoms. The van der Waals surface area contributed by atoms with Crippen LogP contribution in [0.3, 0.4) is 0 Å². The van der Waals surface area contributed by atoms with Crippen molar-refractivity contribution in [1.82, 2.24) is 0 Å². The van der Waals surface area contributed by atoms with Crippen molar-refractivity contribution < 1.29 is 14.3 Å². The number of esters is 1. The highest BCUT2D eigenvalue weighted by Crippen LogP contribution is 2.49. The van der Waals surface area contributed by atoms with E-state index < -0.39 is 0 Å². The molecule has 4 nitrogen and oxygen atoms in total. The lowest BCUT2D eigenvalue weighted by molar-refractivity contribution is -0.145. The predicted octanol–water partition coefficient (Wildman–Crippen LogP) is 7.43. The van der Waals surface area contributed by atoms with Crippen molar-refractivity contribution >= 4 is 40.9 Å². The van der Waals surface area contributed by atoms with E-state index in [0.29, 0.717) is 6.61 Å². The lowest BCUT2D eigenvalue weighted by Gasteiger charge is -2.37. The average molecular weight is 488 g/mol. The predicted molar refractivity (Wildman–Crippen MR) is 141 cm³/mol. The van der Waals surface area contributed by atoms with Crippen LogP contribution in [0, 0.1) is 11.3 Å². The van der Waals surface area contributed by atoms with Gasteiger partial charge >= 0.3 is 5.97 Å². The van der Waals surface area contributed by atoms with Crippen molar-refractivity contribution in [2.45, 2.75) is 56.2 Å². The van der Waals surface area contributed by atoms with Crippen LogP contribution in [0.4, 0.5) is 11.4 Å². The van der Waals surface area contributed by atoms with E-state index in [1.807, 2.05) is 18.7 Å². The van der Waals surface area contributed by atoms with Crippen LogP contribution in [0.5, 0.6) is 5.75 Å². The molecule has 0 aromatic heterocycles. The Balaban J connectivity index is 2.01.